The van der Waals surface area contributed by atoms with Gasteiger partial charge in [-0.1, -0.05) is 0 Å². The fourth-order valence-corrected chi connectivity index (χ4v) is 3.05. The predicted molar refractivity (Wildman–Crippen MR) is 97.8 cm³/mol. The van der Waals surface area contributed by atoms with Crippen molar-refractivity contribution in [3.8, 4) is 0 Å². The van der Waals surface area contributed by atoms with Gasteiger partial charge in [0.2, 0.25) is 5.91 Å². The summed E-state index contributed by atoms with van der Waals surface area (Å²) >= 11 is 0. The minimum atomic E-state index is 0. The van der Waals surface area contributed by atoms with Crippen LogP contribution in [0.5, 0.6) is 0 Å². The summed E-state index contributed by atoms with van der Waals surface area (Å²) in [5.41, 5.74) is 1.24. The molecule has 134 valence electrons. The average molecular weight is 387 g/mol. The number of hydrogen-bond donors (Lipinski definition) is 1. The van der Waals surface area contributed by atoms with E-state index in [2.05, 4.69) is 21.5 Å². The molecule has 2 saturated heterocycles. The van der Waals surface area contributed by atoms with Crippen LogP contribution in [0.3, 0.4) is 0 Å². The number of nitrogens with one attached hydrogen (secondary N) is 1. The molecule has 1 amide bonds. The summed E-state index contributed by atoms with van der Waals surface area (Å²) in [5, 5.41) is 7.49. The second-order valence-electron chi connectivity index (χ2n) is 5.77. The van der Waals surface area contributed by atoms with Crippen molar-refractivity contribution in [1.82, 2.24) is 24.9 Å². The van der Waals surface area contributed by atoms with Crippen molar-refractivity contribution >= 4 is 43.1 Å². The lowest BCUT2D eigenvalue weighted by Gasteiger charge is -2.35. The lowest BCUT2D eigenvalue weighted by molar-refractivity contribution is -0.134. The first-order valence-electron chi connectivity index (χ1n) is 7.44. The number of piperazine rings is 1. The van der Waals surface area contributed by atoms with Gasteiger partial charge in [-0.15, -0.1) is 37.2 Å². The maximum absolute atomic E-state index is 12.3. The summed E-state index contributed by atoms with van der Waals surface area (Å²) in [6, 6.07) is 0.0693. The Kier molecular flexibility index (Phi) is 10.1. The number of nitrogens with zero attached hydrogens (tertiary/aromatic N) is 4. The van der Waals surface area contributed by atoms with Crippen molar-refractivity contribution in [3.63, 3.8) is 0 Å². The van der Waals surface area contributed by atoms with Crippen molar-refractivity contribution in [2.45, 2.75) is 25.4 Å². The van der Waals surface area contributed by atoms with Crippen molar-refractivity contribution in [2.75, 3.05) is 32.7 Å². The average Bonchev–Trinajstić information content (AvgIpc) is 3.11. The molecule has 1 aromatic rings. The van der Waals surface area contributed by atoms with Crippen molar-refractivity contribution in [2.24, 2.45) is 7.05 Å². The Labute approximate surface area is 156 Å². The van der Waals surface area contributed by atoms with Gasteiger partial charge in [0.05, 0.1) is 12.2 Å². The summed E-state index contributed by atoms with van der Waals surface area (Å²) in [6.45, 7) is 5.50. The third-order valence-electron chi connectivity index (χ3n) is 4.21. The summed E-state index contributed by atoms with van der Waals surface area (Å²) in [4.78, 5) is 16.7. The molecular weight excluding hydrogens is 361 g/mol. The summed E-state index contributed by atoms with van der Waals surface area (Å²) in [5.74, 6) is 0.295. The molecule has 2 aliphatic rings. The molecule has 3 rings (SSSR count). The van der Waals surface area contributed by atoms with Gasteiger partial charge < -0.3 is 10.2 Å². The quantitative estimate of drug-likeness (QED) is 0.845. The van der Waals surface area contributed by atoms with Gasteiger partial charge in [0.1, 0.15) is 0 Å². The van der Waals surface area contributed by atoms with Crippen molar-refractivity contribution < 1.29 is 4.79 Å². The monoisotopic (exact) mass is 385 g/mol. The van der Waals surface area contributed by atoms with E-state index in [1.165, 1.54) is 5.56 Å². The lowest BCUT2D eigenvalue weighted by atomic mass is 10.2. The molecule has 0 bridgehead atoms. The van der Waals surface area contributed by atoms with Gasteiger partial charge in [-0.25, -0.2) is 0 Å². The van der Waals surface area contributed by atoms with Gasteiger partial charge in [0.25, 0.3) is 0 Å². The first-order chi connectivity index (χ1) is 9.72. The number of aryl methyl sites for hydroxylation is 1. The molecule has 0 radical (unpaired) electrons. The largest absolute Gasteiger partial charge is 0.339 e. The molecular formula is C14H26Cl3N5O. The number of hydrogen-bond acceptors (Lipinski definition) is 4. The van der Waals surface area contributed by atoms with E-state index in [4.69, 9.17) is 0 Å². The van der Waals surface area contributed by atoms with Gasteiger partial charge in [-0.3, -0.25) is 14.4 Å². The van der Waals surface area contributed by atoms with E-state index in [1.807, 2.05) is 22.8 Å². The maximum Gasteiger partial charge on any atom is 0.239 e. The third kappa shape index (κ3) is 5.80. The zero-order chi connectivity index (χ0) is 13.9. The molecule has 23 heavy (non-hydrogen) atoms. The molecule has 2 aliphatic heterocycles. The van der Waals surface area contributed by atoms with Gasteiger partial charge in [0.15, 0.2) is 0 Å². The minimum absolute atomic E-state index is 0. The summed E-state index contributed by atoms with van der Waals surface area (Å²) in [7, 11) is 1.94. The molecule has 3 heterocycles. The van der Waals surface area contributed by atoms with E-state index < -0.39 is 0 Å². The van der Waals surface area contributed by atoms with Crippen LogP contribution in [0.1, 0.15) is 18.4 Å². The first-order valence-corrected chi connectivity index (χ1v) is 7.44. The molecule has 0 aromatic carbocycles. The predicted octanol–water partition coefficient (Wildman–Crippen LogP) is 1.08. The molecule has 1 unspecified atom stereocenters. The number of halogens is 3. The van der Waals surface area contributed by atoms with Crippen molar-refractivity contribution in [3.05, 3.63) is 18.0 Å². The van der Waals surface area contributed by atoms with Crippen LogP contribution in [0.2, 0.25) is 0 Å². The van der Waals surface area contributed by atoms with Gasteiger partial charge in [-0.2, -0.15) is 5.10 Å². The summed E-state index contributed by atoms with van der Waals surface area (Å²) in [6.07, 6.45) is 6.09. The molecule has 6 nitrogen and oxygen atoms in total. The normalized spacial score (nSPS) is 21.1. The van der Waals surface area contributed by atoms with E-state index in [0.29, 0.717) is 5.91 Å². The Bertz CT molecular complexity index is 471. The van der Waals surface area contributed by atoms with E-state index in [-0.39, 0.29) is 43.3 Å². The molecule has 2 fully saturated rings. The van der Waals surface area contributed by atoms with Crippen LogP contribution < -0.4 is 5.32 Å². The van der Waals surface area contributed by atoms with Gasteiger partial charge in [0, 0.05) is 51.5 Å². The molecule has 1 aromatic heterocycles. The zero-order valence-corrected chi connectivity index (χ0v) is 15.8. The minimum Gasteiger partial charge on any atom is -0.339 e. The molecule has 0 saturated carbocycles. The zero-order valence-electron chi connectivity index (χ0n) is 13.3. The van der Waals surface area contributed by atoms with Crippen LogP contribution in [0.15, 0.2) is 12.4 Å². The Morgan fingerprint density at radius 2 is 1.96 bits per heavy atom. The fraction of sp³-hybridized carbons (Fsp3) is 0.714. The first kappa shape index (κ1) is 22.5. The number of carbonyl (C=O) groups is 1. The van der Waals surface area contributed by atoms with Crippen LogP contribution >= 0.6 is 37.2 Å². The number of carbonyl (C=O) groups excluding carboxylic acids is 1. The van der Waals surface area contributed by atoms with E-state index in [0.717, 1.165) is 52.1 Å². The Hall–Kier alpha value is -0.530. The smallest absolute Gasteiger partial charge is 0.239 e. The fourth-order valence-electron chi connectivity index (χ4n) is 3.05. The third-order valence-corrected chi connectivity index (χ3v) is 4.21. The highest BCUT2D eigenvalue weighted by Gasteiger charge is 2.29. The lowest BCUT2D eigenvalue weighted by Crippen LogP contribution is -2.52. The van der Waals surface area contributed by atoms with Gasteiger partial charge >= 0.3 is 0 Å². The second kappa shape index (κ2) is 10.4. The highest BCUT2D eigenvalue weighted by atomic mass is 35.5. The number of aromatic nitrogens is 2. The molecule has 0 spiro atoms. The standard InChI is InChI=1S/C14H23N5O.3ClH/c1-17-10-12(9-16-17)11-18-5-7-19(8-6-18)14(20)13-3-2-4-15-13;;;/h9-10,13,15H,2-8,11H2,1H3;3*1H. The Balaban J connectivity index is 0.00000161. The van der Waals surface area contributed by atoms with E-state index in [1.54, 1.807) is 0 Å². The van der Waals surface area contributed by atoms with Crippen LogP contribution in [0.4, 0.5) is 0 Å². The van der Waals surface area contributed by atoms with E-state index >= 15 is 0 Å². The van der Waals surface area contributed by atoms with Crippen LogP contribution in [0, 0.1) is 0 Å². The van der Waals surface area contributed by atoms with E-state index in [9.17, 15) is 4.79 Å². The molecule has 0 aliphatic carbocycles. The maximum atomic E-state index is 12.3. The highest BCUT2D eigenvalue weighted by molar-refractivity contribution is 5.86. The van der Waals surface area contributed by atoms with Crippen LogP contribution in [-0.4, -0.2) is 64.3 Å². The topological polar surface area (TPSA) is 53.4 Å². The van der Waals surface area contributed by atoms with Gasteiger partial charge in [-0.05, 0) is 19.4 Å². The van der Waals surface area contributed by atoms with Crippen molar-refractivity contribution in [1.29, 1.82) is 0 Å². The Morgan fingerprint density at radius 1 is 1.26 bits per heavy atom. The van der Waals surface area contributed by atoms with Crippen LogP contribution in [-0.2, 0) is 18.4 Å². The molecule has 1 N–H and O–H groups in total. The summed E-state index contributed by atoms with van der Waals surface area (Å²) < 4.78 is 1.83. The number of rotatable bonds is 3. The highest BCUT2D eigenvalue weighted by Crippen LogP contribution is 2.12. The van der Waals surface area contributed by atoms with Crippen LogP contribution in [0.25, 0.3) is 0 Å². The molecule has 9 heteroatoms. The second-order valence-corrected chi connectivity index (χ2v) is 5.77. The number of amides is 1. The molecule has 1 atom stereocenters. The Morgan fingerprint density at radius 3 is 2.48 bits per heavy atom. The SMILES string of the molecule is Cl.Cl.Cl.Cn1cc(CN2CCN(C(=O)C3CCCN3)CC2)cn1.